The number of alkyl halides is 3. The number of hydrogen-bond donors (Lipinski definition) is 1. The highest BCUT2D eigenvalue weighted by molar-refractivity contribution is 8.00. The molecule has 0 bridgehead atoms. The summed E-state index contributed by atoms with van der Waals surface area (Å²) in [5.74, 6) is -1.23. The van der Waals surface area contributed by atoms with Gasteiger partial charge in [0.2, 0.25) is 0 Å². The summed E-state index contributed by atoms with van der Waals surface area (Å²) >= 11 is 0.917. The minimum absolute atomic E-state index is 0.0421. The molecule has 0 aliphatic heterocycles. The molecule has 0 aliphatic rings. The summed E-state index contributed by atoms with van der Waals surface area (Å²) in [6, 6.07) is 1.59. The van der Waals surface area contributed by atoms with Gasteiger partial charge in [0.05, 0.1) is 6.61 Å². The number of ether oxygens (including phenoxy) is 1. The van der Waals surface area contributed by atoms with Crippen LogP contribution in [0.3, 0.4) is 0 Å². The topological polar surface area (TPSA) is 46.5 Å². The zero-order valence-electron chi connectivity index (χ0n) is 10.1. The minimum Gasteiger partial charge on any atom is -0.491 e. The molecule has 0 spiro atoms. The van der Waals surface area contributed by atoms with E-state index in [0.717, 1.165) is 29.1 Å². The van der Waals surface area contributed by atoms with Gasteiger partial charge in [-0.2, -0.15) is 13.2 Å². The van der Waals surface area contributed by atoms with Crippen LogP contribution in [0.25, 0.3) is 0 Å². The molecule has 0 amide bonds. The van der Waals surface area contributed by atoms with Gasteiger partial charge in [-0.05, 0) is 24.2 Å². The standard InChI is InChI=1S/C11H13F3O3S2/c1-2-3-7-6-8(9(19-7)10(15)16)17-4-5-18-11(12,13)14/h6H,2-5H2,1H3,(H,15,16). The van der Waals surface area contributed by atoms with Crippen molar-refractivity contribution in [2.24, 2.45) is 0 Å². The fourth-order valence-corrected chi connectivity index (χ4v) is 2.80. The number of thioether (sulfide) groups is 1. The second-order valence-electron chi connectivity index (χ2n) is 3.60. The number of carbonyl (C=O) groups is 1. The molecule has 3 nitrogen and oxygen atoms in total. The molecule has 108 valence electrons. The highest BCUT2D eigenvalue weighted by Gasteiger charge is 2.27. The smallest absolute Gasteiger partial charge is 0.441 e. The molecule has 1 rings (SSSR count). The van der Waals surface area contributed by atoms with E-state index in [1.165, 1.54) is 0 Å². The van der Waals surface area contributed by atoms with Gasteiger partial charge in [0, 0.05) is 10.6 Å². The van der Waals surface area contributed by atoms with Gasteiger partial charge in [-0.25, -0.2) is 4.79 Å². The van der Waals surface area contributed by atoms with Crippen molar-refractivity contribution in [3.05, 3.63) is 15.8 Å². The summed E-state index contributed by atoms with van der Waals surface area (Å²) in [7, 11) is 0. The van der Waals surface area contributed by atoms with Gasteiger partial charge in [-0.3, -0.25) is 0 Å². The van der Waals surface area contributed by atoms with Crippen LogP contribution in [0.5, 0.6) is 5.75 Å². The number of hydrogen-bond acceptors (Lipinski definition) is 4. The summed E-state index contributed by atoms with van der Waals surface area (Å²) in [6.45, 7) is 1.79. The Bertz CT molecular complexity index is 429. The van der Waals surface area contributed by atoms with Crippen LogP contribution in [0.1, 0.15) is 27.9 Å². The number of aryl methyl sites for hydroxylation is 1. The average Bonchev–Trinajstić information content (AvgIpc) is 2.67. The summed E-state index contributed by atoms with van der Waals surface area (Å²) in [4.78, 5) is 11.9. The van der Waals surface area contributed by atoms with Crippen molar-refractivity contribution in [3.8, 4) is 5.75 Å². The molecule has 8 heteroatoms. The van der Waals surface area contributed by atoms with Gasteiger partial charge in [-0.1, -0.05) is 13.3 Å². The molecule has 0 fully saturated rings. The van der Waals surface area contributed by atoms with E-state index in [1.54, 1.807) is 6.07 Å². The molecule has 1 heterocycles. The van der Waals surface area contributed by atoms with Crippen molar-refractivity contribution in [1.82, 2.24) is 0 Å². The third-order valence-electron chi connectivity index (χ3n) is 2.05. The lowest BCUT2D eigenvalue weighted by atomic mass is 10.3. The normalized spacial score (nSPS) is 11.6. The summed E-state index contributed by atoms with van der Waals surface area (Å²) in [5.41, 5.74) is -4.29. The van der Waals surface area contributed by atoms with Gasteiger partial charge in [-0.15, -0.1) is 11.3 Å². The highest BCUT2D eigenvalue weighted by Crippen LogP contribution is 2.32. The molecule has 0 saturated heterocycles. The van der Waals surface area contributed by atoms with Crippen LogP contribution < -0.4 is 4.74 Å². The van der Waals surface area contributed by atoms with E-state index in [4.69, 9.17) is 9.84 Å². The average molecular weight is 314 g/mol. The second-order valence-corrected chi connectivity index (χ2v) is 5.90. The Labute approximate surface area is 116 Å². The van der Waals surface area contributed by atoms with Gasteiger partial charge in [0.25, 0.3) is 0 Å². The zero-order chi connectivity index (χ0) is 14.5. The SMILES string of the molecule is CCCc1cc(OCCSC(F)(F)F)c(C(=O)O)s1. The monoisotopic (exact) mass is 314 g/mol. The van der Waals surface area contributed by atoms with Crippen LogP contribution in [0.4, 0.5) is 13.2 Å². The molecule has 0 saturated carbocycles. The van der Waals surface area contributed by atoms with Crippen molar-refractivity contribution in [3.63, 3.8) is 0 Å². The molecule has 19 heavy (non-hydrogen) atoms. The summed E-state index contributed by atoms with van der Waals surface area (Å²) in [6.07, 6.45) is 1.59. The van der Waals surface area contributed by atoms with Gasteiger partial charge < -0.3 is 9.84 Å². The van der Waals surface area contributed by atoms with E-state index in [-0.39, 0.29) is 34.7 Å². The van der Waals surface area contributed by atoms with E-state index in [1.807, 2.05) is 6.92 Å². The first-order valence-electron chi connectivity index (χ1n) is 5.53. The van der Waals surface area contributed by atoms with Crippen LogP contribution in [-0.4, -0.2) is 28.9 Å². The number of thiophene rings is 1. The molecule has 1 aromatic heterocycles. The molecule has 1 aromatic rings. The lowest BCUT2D eigenvalue weighted by molar-refractivity contribution is -0.0329. The summed E-state index contributed by atoms with van der Waals surface area (Å²) < 4.78 is 40.9. The largest absolute Gasteiger partial charge is 0.491 e. The van der Waals surface area contributed by atoms with E-state index >= 15 is 0 Å². The third-order valence-corrected chi connectivity index (χ3v) is 3.91. The molecule has 0 aliphatic carbocycles. The first-order chi connectivity index (χ1) is 8.83. The van der Waals surface area contributed by atoms with Crippen LogP contribution in [-0.2, 0) is 6.42 Å². The summed E-state index contributed by atoms with van der Waals surface area (Å²) in [5, 5.41) is 8.98. The van der Waals surface area contributed by atoms with E-state index < -0.39 is 11.5 Å². The molecular formula is C11H13F3O3S2. The Morgan fingerprint density at radius 2 is 2.21 bits per heavy atom. The van der Waals surface area contributed by atoms with E-state index in [9.17, 15) is 18.0 Å². The third kappa shape index (κ3) is 5.73. The Hall–Kier alpha value is -0.890. The molecule has 0 aromatic carbocycles. The molecule has 0 atom stereocenters. The Morgan fingerprint density at radius 3 is 2.74 bits per heavy atom. The first-order valence-corrected chi connectivity index (χ1v) is 7.33. The lowest BCUT2D eigenvalue weighted by Gasteiger charge is -2.07. The maximum atomic E-state index is 11.9. The van der Waals surface area contributed by atoms with Gasteiger partial charge >= 0.3 is 11.5 Å². The fraction of sp³-hybridized carbons (Fsp3) is 0.545. The van der Waals surface area contributed by atoms with Crippen LogP contribution in [0.2, 0.25) is 0 Å². The zero-order valence-corrected chi connectivity index (χ0v) is 11.8. The number of carboxylic acids is 1. The Kier molecular flexibility index (Phi) is 5.99. The number of aromatic carboxylic acids is 1. The molecule has 1 N–H and O–H groups in total. The van der Waals surface area contributed by atoms with Gasteiger partial charge in [0.1, 0.15) is 5.75 Å². The number of carboxylic acid groups (broad SMARTS) is 1. The maximum absolute atomic E-state index is 11.9. The van der Waals surface area contributed by atoms with E-state index in [0.29, 0.717) is 0 Å². The predicted octanol–water partition coefficient (Wildman–Crippen LogP) is 4.03. The molecule has 0 unspecified atom stereocenters. The van der Waals surface area contributed by atoms with Crippen molar-refractivity contribution in [2.75, 3.05) is 12.4 Å². The van der Waals surface area contributed by atoms with E-state index in [2.05, 4.69) is 0 Å². The first kappa shape index (κ1) is 16.2. The minimum atomic E-state index is -4.29. The Balaban J connectivity index is 2.58. The predicted molar refractivity (Wildman–Crippen MR) is 69.3 cm³/mol. The van der Waals surface area contributed by atoms with Crippen LogP contribution in [0, 0.1) is 0 Å². The van der Waals surface area contributed by atoms with Crippen molar-refractivity contribution >= 4 is 29.1 Å². The van der Waals surface area contributed by atoms with Crippen molar-refractivity contribution in [2.45, 2.75) is 25.3 Å². The maximum Gasteiger partial charge on any atom is 0.441 e. The number of rotatable bonds is 7. The number of halogens is 3. The van der Waals surface area contributed by atoms with Crippen LogP contribution in [0.15, 0.2) is 6.07 Å². The second kappa shape index (κ2) is 7.04. The van der Waals surface area contributed by atoms with Crippen molar-refractivity contribution < 1.29 is 27.8 Å². The van der Waals surface area contributed by atoms with Crippen LogP contribution >= 0.6 is 23.1 Å². The highest BCUT2D eigenvalue weighted by atomic mass is 32.2. The quantitative estimate of drug-likeness (QED) is 0.772. The van der Waals surface area contributed by atoms with Gasteiger partial charge in [0.15, 0.2) is 4.88 Å². The lowest BCUT2D eigenvalue weighted by Crippen LogP contribution is -2.08. The fourth-order valence-electron chi connectivity index (χ4n) is 1.36. The molecule has 0 radical (unpaired) electrons. The molecular weight excluding hydrogens is 301 g/mol. The Morgan fingerprint density at radius 1 is 1.53 bits per heavy atom. The van der Waals surface area contributed by atoms with Crippen molar-refractivity contribution in [1.29, 1.82) is 0 Å².